The Kier molecular flexibility index (Phi) is 16.2. The zero-order valence-corrected chi connectivity index (χ0v) is 48.2. The number of nitrogens with zero attached hydrogens (tertiary/aromatic N) is 9. The van der Waals surface area contributed by atoms with Crippen LogP contribution in [0.3, 0.4) is 0 Å². The summed E-state index contributed by atoms with van der Waals surface area (Å²) in [5, 5.41) is 6.10. The first-order valence-electron chi connectivity index (χ1n) is 30.3. The van der Waals surface area contributed by atoms with E-state index in [1.165, 1.54) is 12.8 Å². The molecule has 0 spiro atoms. The molecule has 8 fully saturated rings. The maximum Gasteiger partial charge on any atom is 0.324 e. The van der Waals surface area contributed by atoms with Gasteiger partial charge in [-0.1, -0.05) is 27.2 Å². The zero-order chi connectivity index (χ0) is 55.4. The highest BCUT2D eigenvalue weighted by molar-refractivity contribution is 5.95. The van der Waals surface area contributed by atoms with Crippen LogP contribution in [0.25, 0.3) is 22.2 Å². The number of cyclic esters (lactones) is 1. The number of methoxy groups -OCH3 is 1. The largest absolute Gasteiger partial charge is 0.464 e. The van der Waals surface area contributed by atoms with Gasteiger partial charge in [-0.3, -0.25) is 43.9 Å². The molecule has 9 atom stereocenters. The molecule has 7 saturated heterocycles. The van der Waals surface area contributed by atoms with Crippen molar-refractivity contribution in [1.29, 1.82) is 0 Å². The molecule has 80 heavy (non-hydrogen) atoms. The van der Waals surface area contributed by atoms with Crippen LogP contribution in [0.15, 0.2) is 30.5 Å². The summed E-state index contributed by atoms with van der Waals surface area (Å²) in [6, 6.07) is 6.69. The van der Waals surface area contributed by atoms with Crippen molar-refractivity contribution < 1.29 is 42.9 Å². The van der Waals surface area contributed by atoms with Gasteiger partial charge in [0.25, 0.3) is 5.91 Å². The van der Waals surface area contributed by atoms with E-state index >= 15 is 9.59 Å². The number of carbonyl (C=O) groups is 4. The average Bonchev–Trinajstić information content (AvgIpc) is 4.36. The molecule has 436 valence electrons. The Labute approximate surface area is 472 Å². The number of rotatable bonds is 10. The maximum atomic E-state index is 15.8. The van der Waals surface area contributed by atoms with Crippen LogP contribution in [0.1, 0.15) is 96.9 Å². The topological polar surface area (TPSA) is 179 Å². The second-order valence-electron chi connectivity index (χ2n) is 25.1. The van der Waals surface area contributed by atoms with E-state index in [4.69, 9.17) is 28.7 Å². The Morgan fingerprint density at radius 3 is 2.39 bits per heavy atom. The third kappa shape index (κ3) is 11.0. The number of aromatic nitrogens is 2. The van der Waals surface area contributed by atoms with Gasteiger partial charge >= 0.3 is 5.97 Å². The third-order valence-corrected chi connectivity index (χ3v) is 19.3. The number of morpholine rings is 2. The van der Waals surface area contributed by atoms with E-state index in [2.05, 4.69) is 91.8 Å². The normalized spacial score (nSPS) is 31.0. The van der Waals surface area contributed by atoms with Gasteiger partial charge in [0.2, 0.25) is 11.8 Å². The van der Waals surface area contributed by atoms with Gasteiger partial charge in [-0.05, 0) is 94.5 Å². The SMILES string of the molecule is CCn1c(-c2cc(N3CCN(C4CC4)CC3)cnc2[C@H](C)OC)c2c3cc(ccc31)N1CCO[C@H](C1)[C@@H](N1CCOCC1)[C@H](NC(=O)[C@@H]1C(C)C3CCCCN1CN(C1COC1)C3=O)C(=O)N1CCC[C@H](N1)C(=O)OCC(C)(C)C2. The number of hydrogen-bond acceptors (Lipinski definition) is 16. The number of hydrogen-bond donors (Lipinski definition) is 2. The van der Waals surface area contributed by atoms with Crippen molar-refractivity contribution in [2.45, 2.75) is 141 Å². The van der Waals surface area contributed by atoms with Crippen molar-refractivity contribution in [1.82, 2.24) is 44.9 Å². The summed E-state index contributed by atoms with van der Waals surface area (Å²) in [4.78, 5) is 79.4. The maximum absolute atomic E-state index is 15.8. The highest BCUT2D eigenvalue weighted by Gasteiger charge is 2.51. The number of nitrogens with one attached hydrogen (secondary N) is 2. The lowest BCUT2D eigenvalue weighted by molar-refractivity contribution is -0.157. The Morgan fingerprint density at radius 2 is 1.65 bits per heavy atom. The van der Waals surface area contributed by atoms with E-state index in [-0.39, 0.29) is 48.3 Å². The number of amides is 3. The van der Waals surface area contributed by atoms with Crippen LogP contribution in [-0.4, -0.2) is 219 Å². The molecule has 8 aliphatic heterocycles. The highest BCUT2D eigenvalue weighted by atomic mass is 16.5. The van der Waals surface area contributed by atoms with Gasteiger partial charge in [-0.15, -0.1) is 0 Å². The molecule has 3 amide bonds. The Balaban J connectivity index is 0.949. The van der Waals surface area contributed by atoms with Crippen LogP contribution in [0.2, 0.25) is 0 Å². The van der Waals surface area contributed by atoms with Crippen molar-refractivity contribution >= 4 is 46.0 Å². The minimum atomic E-state index is -1.10. The molecule has 2 aromatic heterocycles. The summed E-state index contributed by atoms with van der Waals surface area (Å²) in [6.07, 6.45) is 7.92. The number of piperazine rings is 1. The number of carbonyl (C=O) groups excluding carboxylic acids is 4. The van der Waals surface area contributed by atoms with E-state index in [9.17, 15) is 9.59 Å². The molecule has 12 rings (SSSR count). The van der Waals surface area contributed by atoms with E-state index in [0.717, 1.165) is 89.9 Å². The van der Waals surface area contributed by atoms with Crippen molar-refractivity contribution in [3.8, 4) is 11.3 Å². The van der Waals surface area contributed by atoms with Gasteiger partial charge < -0.3 is 48.3 Å². The van der Waals surface area contributed by atoms with Gasteiger partial charge in [0, 0.05) is 119 Å². The number of hydrazine groups is 1. The number of esters is 1. The lowest BCUT2D eigenvalue weighted by atomic mass is 9.81. The van der Waals surface area contributed by atoms with Gasteiger partial charge in [-0.2, -0.15) is 0 Å². The molecule has 1 saturated carbocycles. The van der Waals surface area contributed by atoms with Crippen molar-refractivity contribution in [2.75, 3.05) is 129 Å². The fourth-order valence-corrected chi connectivity index (χ4v) is 14.6. The van der Waals surface area contributed by atoms with Crippen molar-refractivity contribution in [3.05, 3.63) is 41.7 Å². The third-order valence-electron chi connectivity index (χ3n) is 19.3. The minimum Gasteiger partial charge on any atom is -0.464 e. The van der Waals surface area contributed by atoms with Crippen molar-refractivity contribution in [3.63, 3.8) is 0 Å². The minimum absolute atomic E-state index is 0.0216. The van der Waals surface area contributed by atoms with E-state index < -0.39 is 41.7 Å². The summed E-state index contributed by atoms with van der Waals surface area (Å²) in [5.41, 5.74) is 10.2. The first-order valence-corrected chi connectivity index (χ1v) is 30.3. The monoisotopic (exact) mass is 1110 g/mol. The summed E-state index contributed by atoms with van der Waals surface area (Å²) in [6.45, 7) is 21.2. The summed E-state index contributed by atoms with van der Waals surface area (Å²) < 4.78 is 33.4. The van der Waals surface area contributed by atoms with Crippen LogP contribution < -0.4 is 20.5 Å². The Morgan fingerprint density at radius 1 is 0.850 bits per heavy atom. The molecule has 8 bridgehead atoms. The van der Waals surface area contributed by atoms with Gasteiger partial charge in [0.15, 0.2) is 0 Å². The first kappa shape index (κ1) is 55.6. The predicted octanol–water partition coefficient (Wildman–Crippen LogP) is 4.03. The van der Waals surface area contributed by atoms with Gasteiger partial charge in [0.1, 0.15) is 12.1 Å². The lowest BCUT2D eigenvalue weighted by Gasteiger charge is -2.47. The second-order valence-corrected chi connectivity index (χ2v) is 25.1. The molecule has 20 heteroatoms. The summed E-state index contributed by atoms with van der Waals surface area (Å²) in [7, 11) is 1.75. The molecule has 1 aromatic carbocycles. The molecular weight excluding hydrogens is 1020 g/mol. The summed E-state index contributed by atoms with van der Waals surface area (Å²) >= 11 is 0. The number of anilines is 2. The van der Waals surface area contributed by atoms with Crippen LogP contribution in [0.4, 0.5) is 11.4 Å². The first-order chi connectivity index (χ1) is 38.8. The van der Waals surface area contributed by atoms with Gasteiger partial charge in [-0.25, -0.2) is 5.43 Å². The van der Waals surface area contributed by atoms with Gasteiger partial charge in [0.05, 0.1) is 99.9 Å². The predicted molar refractivity (Wildman–Crippen MR) is 303 cm³/mol. The number of fused-ring (bicyclic) bond motifs is 9. The number of ether oxygens (including phenoxy) is 5. The molecule has 9 aliphatic rings. The molecule has 0 radical (unpaired) electrons. The number of pyridine rings is 1. The molecule has 3 aromatic rings. The quantitative estimate of drug-likeness (QED) is 0.278. The lowest BCUT2D eigenvalue weighted by Crippen LogP contribution is -2.70. The fourth-order valence-electron chi connectivity index (χ4n) is 14.6. The molecule has 10 heterocycles. The zero-order valence-electron chi connectivity index (χ0n) is 48.2. The Hall–Kier alpha value is -4.93. The molecular formula is C60H87N11O9. The van der Waals surface area contributed by atoms with Crippen LogP contribution >= 0.6 is 0 Å². The Bertz CT molecular complexity index is 2750. The molecule has 3 unspecified atom stereocenters. The standard InChI is InChI=1S/C60H87N11O9/c1-7-69-49-16-15-41-29-45(49)47(54(69)46-30-42(32-61-51(46)39(3)76-6)65-21-19-64(20-22-65)40-13-14-40)31-60(4,5)36-80-59(75)48-12-10-18-71(63-48)58(74)52(55(66-23-26-77-27-24-66)50-33-67(41)25-28-79-50)62-56(72)53-38(2)44-11-8-9-17-68(53)37-70(57(44)73)43-34-78-35-43/h15-16,29-30,32,38-40,43-44,48,50,52-53,55,63H,7-14,17-28,31,33-37H2,1-6H3,(H,62,72)/t38?,39-,44?,48-,50+,52-,53-,55+/m0/s1. The van der Waals surface area contributed by atoms with Crippen LogP contribution in [0, 0.1) is 17.3 Å². The van der Waals surface area contributed by atoms with E-state index in [1.54, 1.807) is 12.1 Å². The molecule has 20 nitrogen and oxygen atoms in total. The smallest absolute Gasteiger partial charge is 0.324 e. The summed E-state index contributed by atoms with van der Waals surface area (Å²) in [5.74, 6) is -1.61. The average molecular weight is 1110 g/mol. The molecule has 2 N–H and O–H groups in total. The van der Waals surface area contributed by atoms with Crippen LogP contribution in [0.5, 0.6) is 0 Å². The van der Waals surface area contributed by atoms with E-state index in [1.807, 2.05) is 18.0 Å². The van der Waals surface area contributed by atoms with E-state index in [0.29, 0.717) is 111 Å². The number of benzene rings is 1. The van der Waals surface area contributed by atoms with Crippen LogP contribution in [-0.2, 0) is 55.8 Å². The van der Waals surface area contributed by atoms with Crippen molar-refractivity contribution in [2.24, 2.45) is 17.3 Å². The molecule has 1 aliphatic carbocycles. The highest BCUT2D eigenvalue weighted by Crippen LogP contribution is 2.44. The second kappa shape index (κ2) is 23.4. The number of aryl methyl sites for hydroxylation is 1. The fraction of sp³-hybridized carbons (Fsp3) is 0.717.